The number of carbonyl (C=O) groups excluding carboxylic acids is 1. The van der Waals surface area contributed by atoms with E-state index in [0.717, 1.165) is 17.1 Å². The maximum atomic E-state index is 13.0. The quantitative estimate of drug-likeness (QED) is 0.432. The van der Waals surface area contributed by atoms with Gasteiger partial charge in [0.25, 0.3) is 0 Å². The van der Waals surface area contributed by atoms with Gasteiger partial charge in [-0.2, -0.15) is 10.2 Å². The smallest absolute Gasteiger partial charge is 0.178 e. The van der Waals surface area contributed by atoms with Gasteiger partial charge in [0.1, 0.15) is 23.5 Å². The Morgan fingerprint density at radius 1 is 1.24 bits per heavy atom. The lowest BCUT2D eigenvalue weighted by atomic mass is 10.1. The topological polar surface area (TPSA) is 113 Å². The van der Waals surface area contributed by atoms with Gasteiger partial charge in [0.15, 0.2) is 11.6 Å². The molecule has 0 bridgehead atoms. The Balaban J connectivity index is 1.48. The average Bonchev–Trinajstić information content (AvgIpc) is 3.52. The Morgan fingerprint density at radius 2 is 2.12 bits per heavy atom. The van der Waals surface area contributed by atoms with Gasteiger partial charge in [0, 0.05) is 36.5 Å². The van der Waals surface area contributed by atoms with Crippen molar-refractivity contribution in [2.24, 2.45) is 0 Å². The summed E-state index contributed by atoms with van der Waals surface area (Å²) in [7, 11) is 0. The highest BCUT2D eigenvalue weighted by Crippen LogP contribution is 2.31. The third kappa shape index (κ3) is 4.05. The molecule has 33 heavy (non-hydrogen) atoms. The molecule has 4 aromatic rings. The summed E-state index contributed by atoms with van der Waals surface area (Å²) in [5, 5.41) is 18.2. The van der Waals surface area contributed by atoms with E-state index in [1.807, 2.05) is 41.4 Å². The fourth-order valence-corrected chi connectivity index (χ4v) is 3.97. The number of imidazole rings is 1. The van der Waals surface area contributed by atoms with Gasteiger partial charge in [0.2, 0.25) is 0 Å². The average molecular weight is 447 g/mol. The molecule has 1 aliphatic rings. The van der Waals surface area contributed by atoms with E-state index < -0.39 is 0 Å². The Labute approximate surface area is 190 Å². The summed E-state index contributed by atoms with van der Waals surface area (Å²) in [6, 6.07) is 7.58. The molecule has 0 amide bonds. The minimum atomic E-state index is -0.0511. The minimum Gasteiger partial charge on any atom is -0.491 e. The van der Waals surface area contributed by atoms with Crippen LogP contribution in [0, 0.1) is 0 Å². The molecule has 170 valence electrons. The zero-order chi connectivity index (χ0) is 22.9. The van der Waals surface area contributed by atoms with Gasteiger partial charge in [-0.1, -0.05) is 0 Å². The largest absolute Gasteiger partial charge is 0.491 e. The molecule has 3 aromatic heterocycles. The van der Waals surface area contributed by atoms with Crippen molar-refractivity contribution in [3.05, 3.63) is 60.1 Å². The highest BCUT2D eigenvalue weighted by Gasteiger charge is 2.22. The standard InChI is InChI=1S/C23H25N7O3/c1-15(2)29-23(24-13-26-29)19-11-18-5-8-33-22-4-3-16(9-20(22)30(18)27-19)21(32)10-17-12-28(6-7-31)14-25-17/h3-4,9,11-15,31H,5-8,10H2,1-2H3. The van der Waals surface area contributed by atoms with Gasteiger partial charge in [-0.3, -0.25) is 4.79 Å². The summed E-state index contributed by atoms with van der Waals surface area (Å²) in [5.41, 5.74) is 3.66. The lowest BCUT2D eigenvalue weighted by Crippen LogP contribution is -2.08. The molecule has 0 fully saturated rings. The summed E-state index contributed by atoms with van der Waals surface area (Å²) in [4.78, 5) is 21.7. The first-order valence-corrected chi connectivity index (χ1v) is 10.9. The van der Waals surface area contributed by atoms with Gasteiger partial charge in [-0.05, 0) is 38.1 Å². The number of ketones is 1. The van der Waals surface area contributed by atoms with Crippen LogP contribution in [0.5, 0.6) is 5.75 Å². The fraction of sp³-hybridized carbons (Fsp3) is 0.348. The van der Waals surface area contributed by atoms with E-state index in [1.165, 1.54) is 6.33 Å². The van der Waals surface area contributed by atoms with Crippen LogP contribution in [0.25, 0.3) is 17.2 Å². The molecule has 1 N–H and O–H groups in total. The van der Waals surface area contributed by atoms with E-state index >= 15 is 0 Å². The molecule has 4 heterocycles. The summed E-state index contributed by atoms with van der Waals surface area (Å²) in [6.07, 6.45) is 5.80. The highest BCUT2D eigenvalue weighted by molar-refractivity contribution is 5.98. The summed E-state index contributed by atoms with van der Waals surface area (Å²) < 4.78 is 11.4. The van der Waals surface area contributed by atoms with Crippen molar-refractivity contribution in [2.45, 2.75) is 39.3 Å². The zero-order valence-corrected chi connectivity index (χ0v) is 18.5. The molecule has 0 saturated heterocycles. The van der Waals surface area contributed by atoms with E-state index in [1.54, 1.807) is 23.2 Å². The third-order valence-corrected chi connectivity index (χ3v) is 5.59. The maximum absolute atomic E-state index is 13.0. The molecule has 10 nitrogen and oxygen atoms in total. The van der Waals surface area contributed by atoms with Crippen LogP contribution in [0.15, 0.2) is 43.1 Å². The van der Waals surface area contributed by atoms with Gasteiger partial charge in [-0.15, -0.1) is 0 Å². The molecule has 0 saturated carbocycles. The summed E-state index contributed by atoms with van der Waals surface area (Å²) in [6.45, 7) is 5.09. The SMILES string of the molecule is CC(C)n1ncnc1-c1cc2n(n1)-c1cc(C(=O)Cc3cn(CCO)cn3)ccc1OCC2. The van der Waals surface area contributed by atoms with Crippen LogP contribution < -0.4 is 4.74 Å². The molecular weight excluding hydrogens is 422 g/mol. The first-order valence-electron chi connectivity index (χ1n) is 10.9. The van der Waals surface area contributed by atoms with Crippen LogP contribution in [-0.4, -0.2) is 58.2 Å². The lowest BCUT2D eigenvalue weighted by Gasteiger charge is -2.10. The summed E-state index contributed by atoms with van der Waals surface area (Å²) in [5.74, 6) is 1.33. The third-order valence-electron chi connectivity index (χ3n) is 5.59. The number of ether oxygens (including phenoxy) is 1. The van der Waals surface area contributed by atoms with E-state index in [2.05, 4.69) is 15.1 Å². The number of aromatic nitrogens is 7. The molecular formula is C23H25N7O3. The van der Waals surface area contributed by atoms with Crippen LogP contribution in [0.1, 0.15) is 41.6 Å². The zero-order valence-electron chi connectivity index (χ0n) is 18.5. The Bertz CT molecular complexity index is 1300. The molecule has 0 unspecified atom stereocenters. The molecule has 5 rings (SSSR count). The number of rotatable bonds is 7. The van der Waals surface area contributed by atoms with Crippen LogP contribution >= 0.6 is 0 Å². The Kier molecular flexibility index (Phi) is 5.51. The maximum Gasteiger partial charge on any atom is 0.178 e. The number of aliphatic hydroxyl groups excluding tert-OH is 1. The number of aliphatic hydroxyl groups is 1. The van der Waals surface area contributed by atoms with Crippen molar-refractivity contribution in [2.75, 3.05) is 13.2 Å². The molecule has 1 aliphatic heterocycles. The number of Topliss-reactive ketones (excluding diaryl/α,β-unsaturated/α-hetero) is 1. The molecule has 10 heteroatoms. The number of carbonyl (C=O) groups is 1. The first kappa shape index (κ1) is 21.1. The van der Waals surface area contributed by atoms with Crippen molar-refractivity contribution in [3.63, 3.8) is 0 Å². The van der Waals surface area contributed by atoms with Crippen molar-refractivity contribution in [1.82, 2.24) is 34.1 Å². The van der Waals surface area contributed by atoms with Crippen LogP contribution in [0.4, 0.5) is 0 Å². The van der Waals surface area contributed by atoms with Gasteiger partial charge >= 0.3 is 0 Å². The monoisotopic (exact) mass is 447 g/mol. The molecule has 1 aromatic carbocycles. The van der Waals surface area contributed by atoms with Gasteiger partial charge < -0.3 is 14.4 Å². The normalized spacial score (nSPS) is 12.8. The highest BCUT2D eigenvalue weighted by atomic mass is 16.5. The number of hydrogen-bond acceptors (Lipinski definition) is 7. The molecule has 0 radical (unpaired) electrons. The second-order valence-corrected chi connectivity index (χ2v) is 8.26. The van der Waals surface area contributed by atoms with E-state index in [9.17, 15) is 4.79 Å². The lowest BCUT2D eigenvalue weighted by molar-refractivity contribution is 0.0992. The second kappa shape index (κ2) is 8.62. The van der Waals surface area contributed by atoms with Crippen molar-refractivity contribution < 1.29 is 14.6 Å². The number of benzene rings is 1. The summed E-state index contributed by atoms with van der Waals surface area (Å²) >= 11 is 0. The van der Waals surface area contributed by atoms with Crippen molar-refractivity contribution in [3.8, 4) is 23.0 Å². The predicted octanol–water partition coefficient (Wildman–Crippen LogP) is 2.26. The predicted molar refractivity (Wildman–Crippen MR) is 120 cm³/mol. The fourth-order valence-electron chi connectivity index (χ4n) is 3.97. The minimum absolute atomic E-state index is 0.0240. The van der Waals surface area contributed by atoms with Crippen molar-refractivity contribution in [1.29, 1.82) is 0 Å². The Morgan fingerprint density at radius 3 is 2.94 bits per heavy atom. The van der Waals surface area contributed by atoms with Crippen LogP contribution in [0.2, 0.25) is 0 Å². The van der Waals surface area contributed by atoms with Crippen molar-refractivity contribution >= 4 is 5.78 Å². The van der Waals surface area contributed by atoms with E-state index in [0.29, 0.717) is 42.4 Å². The molecule has 0 spiro atoms. The second-order valence-electron chi connectivity index (χ2n) is 8.26. The van der Waals surface area contributed by atoms with Crippen LogP contribution in [-0.2, 0) is 19.4 Å². The number of fused-ring (bicyclic) bond motifs is 3. The van der Waals surface area contributed by atoms with Gasteiger partial charge in [-0.25, -0.2) is 19.3 Å². The molecule has 0 atom stereocenters. The number of nitrogens with zero attached hydrogens (tertiary/aromatic N) is 7. The first-order chi connectivity index (χ1) is 16.0. The Hall–Kier alpha value is -3.79. The van der Waals surface area contributed by atoms with E-state index in [-0.39, 0.29) is 24.9 Å². The van der Waals surface area contributed by atoms with Crippen LogP contribution in [0.3, 0.4) is 0 Å². The van der Waals surface area contributed by atoms with Gasteiger partial charge in [0.05, 0.1) is 31.7 Å². The number of hydrogen-bond donors (Lipinski definition) is 1. The van der Waals surface area contributed by atoms with E-state index in [4.69, 9.17) is 14.9 Å². The molecule has 0 aliphatic carbocycles.